The molecule has 0 atom stereocenters. The quantitative estimate of drug-likeness (QED) is 0.813. The number of piperidine rings is 1. The molecule has 2 saturated heterocycles. The maximum Gasteiger partial charge on any atom is 0.225 e. The summed E-state index contributed by atoms with van der Waals surface area (Å²) < 4.78 is 2.20. The molecule has 1 amide bonds. The molecule has 0 aliphatic carbocycles. The van der Waals surface area contributed by atoms with Crippen LogP contribution in [0.3, 0.4) is 0 Å². The van der Waals surface area contributed by atoms with E-state index in [9.17, 15) is 4.79 Å². The molecule has 0 N–H and O–H groups in total. The van der Waals surface area contributed by atoms with Crippen LogP contribution >= 0.6 is 0 Å². The first-order valence-corrected chi connectivity index (χ1v) is 10.7. The molecule has 152 valence electrons. The molecule has 0 radical (unpaired) electrons. The van der Waals surface area contributed by atoms with E-state index in [0.29, 0.717) is 11.9 Å². The third-order valence-corrected chi connectivity index (χ3v) is 6.54. The lowest BCUT2D eigenvalue weighted by molar-refractivity contribution is -0.139. The Morgan fingerprint density at radius 3 is 2.39 bits per heavy atom. The largest absolute Gasteiger partial charge is 0.340 e. The number of rotatable bonds is 4. The number of hydrogen-bond donors (Lipinski definition) is 0. The van der Waals surface area contributed by atoms with Gasteiger partial charge in [-0.15, -0.1) is 0 Å². The lowest BCUT2D eigenvalue weighted by Crippen LogP contribution is -2.53. The minimum absolute atomic E-state index is 0.197. The summed E-state index contributed by atoms with van der Waals surface area (Å²) in [5.41, 5.74) is 2.24. The Kier molecular flexibility index (Phi) is 5.69. The first-order chi connectivity index (χ1) is 13.5. The van der Waals surface area contributed by atoms with Gasteiger partial charge in [0.2, 0.25) is 5.91 Å². The molecule has 1 aromatic carbocycles. The highest BCUT2D eigenvalue weighted by Crippen LogP contribution is 2.23. The number of likely N-dealkylation sites (tertiary alicyclic amines) is 1. The zero-order valence-electron chi connectivity index (χ0n) is 17.5. The number of aromatic nitrogens is 2. The van der Waals surface area contributed by atoms with E-state index in [1.54, 1.807) is 0 Å². The number of carbonyl (C=O) groups is 1. The predicted molar refractivity (Wildman–Crippen MR) is 112 cm³/mol. The zero-order chi connectivity index (χ0) is 19.7. The van der Waals surface area contributed by atoms with Crippen molar-refractivity contribution >= 4 is 16.9 Å². The number of para-hydroxylation sites is 2. The average molecular weight is 384 g/mol. The highest BCUT2D eigenvalue weighted by Gasteiger charge is 2.31. The lowest BCUT2D eigenvalue weighted by atomic mass is 9.95. The minimum atomic E-state index is 0.197. The van der Waals surface area contributed by atoms with Crippen molar-refractivity contribution in [3.8, 4) is 0 Å². The number of aryl methyl sites for hydroxylation is 1. The van der Waals surface area contributed by atoms with E-state index in [-0.39, 0.29) is 5.92 Å². The molecule has 4 rings (SSSR count). The number of hydrogen-bond acceptors (Lipinski definition) is 4. The normalized spacial score (nSPS) is 20.4. The number of carbonyl (C=O) groups excluding carboxylic acids is 1. The van der Waals surface area contributed by atoms with E-state index >= 15 is 0 Å². The van der Waals surface area contributed by atoms with Gasteiger partial charge in [-0.05, 0) is 51.9 Å². The first-order valence-electron chi connectivity index (χ1n) is 10.7. The summed E-state index contributed by atoms with van der Waals surface area (Å²) in [6, 6.07) is 8.87. The van der Waals surface area contributed by atoms with Crippen LogP contribution in [0.15, 0.2) is 24.3 Å². The van der Waals surface area contributed by atoms with E-state index in [1.165, 1.54) is 5.52 Å². The van der Waals surface area contributed by atoms with Crippen molar-refractivity contribution < 1.29 is 4.79 Å². The molecule has 0 spiro atoms. The molecule has 2 aliphatic rings. The van der Waals surface area contributed by atoms with Gasteiger partial charge < -0.3 is 9.47 Å². The van der Waals surface area contributed by atoms with Gasteiger partial charge in [-0.3, -0.25) is 14.6 Å². The van der Waals surface area contributed by atoms with Crippen LogP contribution in [-0.2, 0) is 18.4 Å². The fourth-order valence-corrected chi connectivity index (χ4v) is 4.59. The summed E-state index contributed by atoms with van der Waals surface area (Å²) in [6.07, 6.45) is 1.93. The summed E-state index contributed by atoms with van der Waals surface area (Å²) in [5, 5.41) is 0. The third-order valence-electron chi connectivity index (χ3n) is 6.54. The van der Waals surface area contributed by atoms with Crippen molar-refractivity contribution in [3.05, 3.63) is 30.1 Å². The number of piperazine rings is 1. The first kappa shape index (κ1) is 19.4. The summed E-state index contributed by atoms with van der Waals surface area (Å²) in [4.78, 5) is 24.7. The van der Waals surface area contributed by atoms with Crippen LogP contribution in [0.1, 0.15) is 32.5 Å². The molecule has 0 saturated carbocycles. The second kappa shape index (κ2) is 8.21. The van der Waals surface area contributed by atoms with E-state index in [4.69, 9.17) is 4.98 Å². The van der Waals surface area contributed by atoms with Crippen molar-refractivity contribution in [2.45, 2.75) is 39.3 Å². The number of fused-ring (bicyclic) bond motifs is 1. The summed E-state index contributed by atoms with van der Waals surface area (Å²) >= 11 is 0. The van der Waals surface area contributed by atoms with Crippen LogP contribution in [0, 0.1) is 5.92 Å². The van der Waals surface area contributed by atoms with Gasteiger partial charge in [0, 0.05) is 45.2 Å². The Labute approximate surface area is 168 Å². The standard InChI is InChI=1S/C22H33N5O/c1-17(2)26-12-14-27(15-13-26)22(28)18-8-10-25(11-9-18)16-21-23-19-6-4-5-7-20(19)24(21)3/h4-7,17-18H,8-16H2,1-3H3. The zero-order valence-corrected chi connectivity index (χ0v) is 17.5. The van der Waals surface area contributed by atoms with Gasteiger partial charge in [0.15, 0.2) is 0 Å². The van der Waals surface area contributed by atoms with Crippen molar-refractivity contribution in [2.75, 3.05) is 39.3 Å². The van der Waals surface area contributed by atoms with Gasteiger partial charge in [-0.2, -0.15) is 0 Å². The Hall–Kier alpha value is -1.92. The second-order valence-electron chi connectivity index (χ2n) is 8.58. The molecule has 3 heterocycles. The fraction of sp³-hybridized carbons (Fsp3) is 0.636. The Morgan fingerprint density at radius 2 is 1.75 bits per heavy atom. The lowest BCUT2D eigenvalue weighted by Gasteiger charge is -2.39. The number of nitrogens with zero attached hydrogens (tertiary/aromatic N) is 5. The maximum atomic E-state index is 12.9. The fourth-order valence-electron chi connectivity index (χ4n) is 4.59. The maximum absolute atomic E-state index is 12.9. The topological polar surface area (TPSA) is 44.6 Å². The molecule has 2 aliphatic heterocycles. The molecule has 2 aromatic rings. The van der Waals surface area contributed by atoms with E-state index in [1.807, 2.05) is 6.07 Å². The van der Waals surface area contributed by atoms with Crippen LogP contribution in [-0.4, -0.2) is 75.5 Å². The van der Waals surface area contributed by atoms with Crippen LogP contribution in [0.25, 0.3) is 11.0 Å². The van der Waals surface area contributed by atoms with Crippen LogP contribution in [0.4, 0.5) is 0 Å². The molecule has 0 bridgehead atoms. The van der Waals surface area contributed by atoms with Crippen LogP contribution in [0.5, 0.6) is 0 Å². The Morgan fingerprint density at radius 1 is 1.07 bits per heavy atom. The van der Waals surface area contributed by atoms with E-state index in [2.05, 4.69) is 58.4 Å². The van der Waals surface area contributed by atoms with Gasteiger partial charge in [0.1, 0.15) is 5.82 Å². The van der Waals surface area contributed by atoms with Gasteiger partial charge in [-0.1, -0.05) is 12.1 Å². The molecule has 0 unspecified atom stereocenters. The van der Waals surface area contributed by atoms with Crippen LogP contribution in [0.2, 0.25) is 0 Å². The number of benzene rings is 1. The molecular weight excluding hydrogens is 350 g/mol. The van der Waals surface area contributed by atoms with Crippen molar-refractivity contribution in [2.24, 2.45) is 13.0 Å². The second-order valence-corrected chi connectivity index (χ2v) is 8.58. The van der Waals surface area contributed by atoms with Crippen molar-refractivity contribution in [1.29, 1.82) is 0 Å². The van der Waals surface area contributed by atoms with Gasteiger partial charge in [-0.25, -0.2) is 4.98 Å². The van der Waals surface area contributed by atoms with Gasteiger partial charge in [0.05, 0.1) is 17.6 Å². The number of amides is 1. The van der Waals surface area contributed by atoms with Gasteiger partial charge >= 0.3 is 0 Å². The summed E-state index contributed by atoms with van der Waals surface area (Å²) in [5.74, 6) is 1.68. The highest BCUT2D eigenvalue weighted by molar-refractivity contribution is 5.79. The Balaban J connectivity index is 1.29. The monoisotopic (exact) mass is 383 g/mol. The van der Waals surface area contributed by atoms with Crippen molar-refractivity contribution in [1.82, 2.24) is 24.3 Å². The van der Waals surface area contributed by atoms with Gasteiger partial charge in [0.25, 0.3) is 0 Å². The molecule has 1 aromatic heterocycles. The van der Waals surface area contributed by atoms with E-state index < -0.39 is 0 Å². The molecule has 6 nitrogen and oxygen atoms in total. The third kappa shape index (κ3) is 3.94. The molecule has 6 heteroatoms. The number of imidazole rings is 1. The van der Waals surface area contributed by atoms with E-state index in [0.717, 1.165) is 70.0 Å². The van der Waals surface area contributed by atoms with Crippen molar-refractivity contribution in [3.63, 3.8) is 0 Å². The molecule has 2 fully saturated rings. The highest BCUT2D eigenvalue weighted by atomic mass is 16.2. The minimum Gasteiger partial charge on any atom is -0.340 e. The SMILES string of the molecule is CC(C)N1CCN(C(=O)C2CCN(Cc3nc4ccccc4n3C)CC2)CC1. The van der Waals surface area contributed by atoms with Crippen LogP contribution < -0.4 is 0 Å². The Bertz CT molecular complexity index is 813. The summed E-state index contributed by atoms with van der Waals surface area (Å²) in [6.45, 7) is 11.1. The predicted octanol–water partition coefficient (Wildman–Crippen LogP) is 2.34. The summed E-state index contributed by atoms with van der Waals surface area (Å²) in [7, 11) is 2.09. The molecule has 28 heavy (non-hydrogen) atoms. The molecular formula is C22H33N5O. The smallest absolute Gasteiger partial charge is 0.225 e. The average Bonchev–Trinajstić information content (AvgIpc) is 3.04.